The Balaban J connectivity index is 2.47. The summed E-state index contributed by atoms with van der Waals surface area (Å²) in [6, 6.07) is 11.1. The minimum Gasteiger partial charge on any atom is -0.481 e. The molecular formula is C16H14Cl2INO4S. The maximum absolute atomic E-state index is 13.1. The van der Waals surface area contributed by atoms with E-state index < -0.39 is 16.0 Å². The number of rotatable bonds is 7. The minimum absolute atomic E-state index is 0.00289. The van der Waals surface area contributed by atoms with E-state index in [9.17, 15) is 13.2 Å². The van der Waals surface area contributed by atoms with E-state index in [4.69, 9.17) is 28.3 Å². The zero-order valence-electron chi connectivity index (χ0n) is 12.8. The standard InChI is InChI=1S/C16H14Cl2INO4S/c17-12-8-7-11(10-13(12)18)25(23,24)20(9-3-6-16(21)22)15-5-2-1-4-14(15)19/h1-2,4-5,7-8,10H,3,6,9H2,(H,21,22). The maximum atomic E-state index is 13.1. The third-order valence-electron chi connectivity index (χ3n) is 3.35. The van der Waals surface area contributed by atoms with Crippen LogP contribution in [0.4, 0.5) is 5.69 Å². The molecule has 0 saturated carbocycles. The third-order valence-corrected chi connectivity index (χ3v) is 6.81. The summed E-state index contributed by atoms with van der Waals surface area (Å²) in [6.45, 7) is 0.0366. The molecule has 0 aliphatic heterocycles. The molecule has 0 heterocycles. The number of sulfonamides is 1. The van der Waals surface area contributed by atoms with E-state index in [2.05, 4.69) is 0 Å². The number of hydrogen-bond acceptors (Lipinski definition) is 3. The smallest absolute Gasteiger partial charge is 0.303 e. The molecule has 5 nitrogen and oxygen atoms in total. The molecule has 9 heteroatoms. The van der Waals surface area contributed by atoms with E-state index in [1.807, 2.05) is 22.6 Å². The van der Waals surface area contributed by atoms with Gasteiger partial charge in [0.15, 0.2) is 0 Å². The molecule has 2 aromatic carbocycles. The lowest BCUT2D eigenvalue weighted by Crippen LogP contribution is -2.33. The van der Waals surface area contributed by atoms with Gasteiger partial charge in [0.2, 0.25) is 0 Å². The molecule has 0 aliphatic rings. The number of carboxylic acid groups (broad SMARTS) is 1. The first-order chi connectivity index (χ1) is 11.7. The van der Waals surface area contributed by atoms with Crippen LogP contribution in [0.25, 0.3) is 0 Å². The van der Waals surface area contributed by atoms with Crippen molar-refractivity contribution in [1.82, 2.24) is 0 Å². The van der Waals surface area contributed by atoms with Gasteiger partial charge in [-0.15, -0.1) is 0 Å². The van der Waals surface area contributed by atoms with Crippen molar-refractivity contribution in [2.75, 3.05) is 10.8 Å². The fourth-order valence-electron chi connectivity index (χ4n) is 2.16. The second-order valence-corrected chi connectivity index (χ2v) is 8.94. The molecule has 0 amide bonds. The Bertz CT molecular complexity index is 889. The van der Waals surface area contributed by atoms with Gasteiger partial charge in [-0.05, 0) is 59.3 Å². The fraction of sp³-hybridized carbons (Fsp3) is 0.188. The second-order valence-electron chi connectivity index (χ2n) is 5.10. The quantitative estimate of drug-likeness (QED) is 0.546. The first kappa shape index (κ1) is 20.3. The number of carboxylic acids is 1. The summed E-state index contributed by atoms with van der Waals surface area (Å²) < 4.78 is 28.1. The van der Waals surface area contributed by atoms with Crippen molar-refractivity contribution in [3.63, 3.8) is 0 Å². The van der Waals surface area contributed by atoms with Gasteiger partial charge in [-0.25, -0.2) is 8.42 Å². The molecule has 2 rings (SSSR count). The average molecular weight is 514 g/mol. The first-order valence-electron chi connectivity index (χ1n) is 7.17. The molecule has 1 N–H and O–H groups in total. The highest BCUT2D eigenvalue weighted by atomic mass is 127. The van der Waals surface area contributed by atoms with Crippen LogP contribution in [0.3, 0.4) is 0 Å². The van der Waals surface area contributed by atoms with Crippen LogP contribution in [-0.2, 0) is 14.8 Å². The summed E-state index contributed by atoms with van der Waals surface area (Å²) >= 11 is 13.9. The van der Waals surface area contributed by atoms with Gasteiger partial charge in [-0.2, -0.15) is 0 Å². The number of para-hydroxylation sites is 1. The van der Waals surface area contributed by atoms with Crippen molar-refractivity contribution in [1.29, 1.82) is 0 Å². The predicted octanol–water partition coefficient (Wildman–Crippen LogP) is 4.66. The van der Waals surface area contributed by atoms with Crippen LogP contribution in [0, 0.1) is 3.57 Å². The Morgan fingerprint density at radius 1 is 1.12 bits per heavy atom. The number of halogens is 3. The van der Waals surface area contributed by atoms with E-state index in [1.165, 1.54) is 22.5 Å². The highest BCUT2D eigenvalue weighted by Crippen LogP contribution is 2.31. The summed E-state index contributed by atoms with van der Waals surface area (Å²) in [7, 11) is -3.92. The first-order valence-corrected chi connectivity index (χ1v) is 10.4. The molecule has 0 aromatic heterocycles. The second kappa shape index (κ2) is 8.57. The van der Waals surface area contributed by atoms with E-state index >= 15 is 0 Å². The van der Waals surface area contributed by atoms with Gasteiger partial charge in [0.25, 0.3) is 10.0 Å². The van der Waals surface area contributed by atoms with Crippen molar-refractivity contribution in [3.05, 3.63) is 56.1 Å². The molecule has 0 bridgehead atoms. The number of carbonyl (C=O) groups is 1. The van der Waals surface area contributed by atoms with Gasteiger partial charge in [0.05, 0.1) is 20.6 Å². The topological polar surface area (TPSA) is 74.7 Å². The molecule has 0 spiro atoms. The molecule has 0 radical (unpaired) electrons. The Labute approximate surface area is 169 Å². The predicted molar refractivity (Wildman–Crippen MR) is 107 cm³/mol. The summed E-state index contributed by atoms with van der Waals surface area (Å²) in [4.78, 5) is 10.8. The van der Waals surface area contributed by atoms with E-state index in [1.54, 1.807) is 24.3 Å². The molecular weight excluding hydrogens is 500 g/mol. The number of hydrogen-bond donors (Lipinski definition) is 1. The van der Waals surface area contributed by atoms with Gasteiger partial charge in [0.1, 0.15) is 0 Å². The van der Waals surface area contributed by atoms with Crippen LogP contribution in [0.1, 0.15) is 12.8 Å². The fourth-order valence-corrected chi connectivity index (χ4v) is 4.92. The van der Waals surface area contributed by atoms with Gasteiger partial charge in [-0.1, -0.05) is 35.3 Å². The maximum Gasteiger partial charge on any atom is 0.303 e. The van der Waals surface area contributed by atoms with Crippen LogP contribution >= 0.6 is 45.8 Å². The lowest BCUT2D eigenvalue weighted by Gasteiger charge is -2.25. The van der Waals surface area contributed by atoms with Crippen molar-refractivity contribution in [2.45, 2.75) is 17.7 Å². The summed E-state index contributed by atoms with van der Waals surface area (Å²) in [5.74, 6) is -0.977. The number of aliphatic carboxylic acids is 1. The molecule has 0 saturated heterocycles. The van der Waals surface area contributed by atoms with Crippen LogP contribution in [0.5, 0.6) is 0 Å². The van der Waals surface area contributed by atoms with E-state index in [0.29, 0.717) is 5.69 Å². The zero-order chi connectivity index (χ0) is 18.6. The van der Waals surface area contributed by atoms with Crippen molar-refractivity contribution in [2.24, 2.45) is 0 Å². The summed E-state index contributed by atoms with van der Waals surface area (Å²) in [5.41, 5.74) is 0.486. The SMILES string of the molecule is O=C(O)CCCN(c1ccccc1I)S(=O)(=O)c1ccc(Cl)c(Cl)c1. The summed E-state index contributed by atoms with van der Waals surface area (Å²) in [6.07, 6.45) is 0.0532. The molecule has 0 aliphatic carbocycles. The Morgan fingerprint density at radius 3 is 2.40 bits per heavy atom. The van der Waals surface area contributed by atoms with E-state index in [-0.39, 0.29) is 34.3 Å². The monoisotopic (exact) mass is 513 g/mol. The van der Waals surface area contributed by atoms with Crippen LogP contribution in [0.15, 0.2) is 47.4 Å². The van der Waals surface area contributed by atoms with Crippen LogP contribution < -0.4 is 4.31 Å². The normalized spacial score (nSPS) is 11.3. The largest absolute Gasteiger partial charge is 0.481 e. The Kier molecular flexibility index (Phi) is 6.95. The zero-order valence-corrected chi connectivity index (χ0v) is 17.3. The number of nitrogens with zero attached hydrogens (tertiary/aromatic N) is 1. The third kappa shape index (κ3) is 4.99. The van der Waals surface area contributed by atoms with Crippen LogP contribution in [-0.4, -0.2) is 26.0 Å². The van der Waals surface area contributed by atoms with Crippen molar-refractivity contribution >= 4 is 67.5 Å². The van der Waals surface area contributed by atoms with Gasteiger partial charge < -0.3 is 5.11 Å². The Morgan fingerprint density at radius 2 is 1.80 bits per heavy atom. The number of anilines is 1. The van der Waals surface area contributed by atoms with Crippen molar-refractivity contribution in [3.8, 4) is 0 Å². The minimum atomic E-state index is -3.92. The molecule has 25 heavy (non-hydrogen) atoms. The van der Waals surface area contributed by atoms with Gasteiger partial charge in [0, 0.05) is 16.5 Å². The average Bonchev–Trinajstić information content (AvgIpc) is 2.54. The highest BCUT2D eigenvalue weighted by Gasteiger charge is 2.26. The van der Waals surface area contributed by atoms with Gasteiger partial charge >= 0.3 is 5.97 Å². The summed E-state index contributed by atoms with van der Waals surface area (Å²) in [5, 5.41) is 9.23. The Hall–Kier alpha value is -1.03. The lowest BCUT2D eigenvalue weighted by molar-refractivity contribution is -0.137. The van der Waals surface area contributed by atoms with Crippen molar-refractivity contribution < 1.29 is 18.3 Å². The van der Waals surface area contributed by atoms with E-state index in [0.717, 1.165) is 3.57 Å². The molecule has 0 fully saturated rings. The lowest BCUT2D eigenvalue weighted by atomic mass is 10.3. The van der Waals surface area contributed by atoms with Crippen LogP contribution in [0.2, 0.25) is 10.0 Å². The molecule has 2 aromatic rings. The molecule has 134 valence electrons. The molecule has 0 atom stereocenters. The number of benzene rings is 2. The van der Waals surface area contributed by atoms with Gasteiger partial charge in [-0.3, -0.25) is 9.10 Å². The highest BCUT2D eigenvalue weighted by molar-refractivity contribution is 14.1. The molecule has 0 unspecified atom stereocenters.